The van der Waals surface area contributed by atoms with Gasteiger partial charge in [-0.2, -0.15) is 0 Å². The Bertz CT molecular complexity index is 176. The summed E-state index contributed by atoms with van der Waals surface area (Å²) in [6, 6.07) is 8.41. The molecule has 0 amide bonds. The van der Waals surface area contributed by atoms with Gasteiger partial charge in [0, 0.05) is 27.2 Å². The molecule has 1 aliphatic rings. The van der Waals surface area contributed by atoms with Crippen molar-refractivity contribution in [1.29, 1.82) is 0 Å². The number of hydrogen-bond acceptors (Lipinski definition) is 1. The molecule has 2 heteroatoms. The highest BCUT2D eigenvalue weighted by molar-refractivity contribution is 8.04. The molecule has 0 fully saturated rings. The molecule has 0 bridgehead atoms. The molecule has 1 aliphatic heterocycles. The zero-order valence-corrected chi connectivity index (χ0v) is 6.27. The predicted octanol–water partition coefficient (Wildman–Crippen LogP) is 1.77. The zero-order valence-electron chi connectivity index (χ0n) is 4.29. The minimum atomic E-state index is 0. The molecule has 0 unspecified atom stereocenters. The van der Waals surface area contributed by atoms with Crippen molar-refractivity contribution in [3.05, 3.63) is 24.3 Å². The number of benzene rings is 1. The van der Waals surface area contributed by atoms with E-state index in [4.69, 9.17) is 0 Å². The van der Waals surface area contributed by atoms with Gasteiger partial charge in [-0.05, 0) is 12.1 Å². The van der Waals surface area contributed by atoms with Crippen LogP contribution in [0.1, 0.15) is 0 Å². The maximum absolute atomic E-state index is 2.14. The fourth-order valence-corrected chi connectivity index (χ4v) is 1.23. The van der Waals surface area contributed by atoms with Crippen molar-refractivity contribution in [1.82, 2.24) is 0 Å². The quantitative estimate of drug-likeness (QED) is 0.392. The Kier molecular flexibility index (Phi) is 1.67. The van der Waals surface area contributed by atoms with E-state index in [0.29, 0.717) is 0 Å². The van der Waals surface area contributed by atoms with Crippen molar-refractivity contribution in [2.45, 2.75) is 9.79 Å². The minimum absolute atomic E-state index is 0. The Morgan fingerprint density at radius 3 is 1.88 bits per heavy atom. The van der Waals surface area contributed by atoms with Crippen molar-refractivity contribution < 1.29 is 0 Å². The SMILES string of the molecule is [Al].c1ccc2c(c1)S2. The summed E-state index contributed by atoms with van der Waals surface area (Å²) in [5.41, 5.74) is 0. The van der Waals surface area contributed by atoms with Gasteiger partial charge in [0.1, 0.15) is 0 Å². The second-order valence-electron chi connectivity index (χ2n) is 1.55. The Morgan fingerprint density at radius 1 is 1.00 bits per heavy atom. The van der Waals surface area contributed by atoms with Crippen molar-refractivity contribution >= 4 is 29.1 Å². The molecular weight excluding hydrogens is 131 g/mol. The van der Waals surface area contributed by atoms with Crippen molar-refractivity contribution in [2.24, 2.45) is 0 Å². The van der Waals surface area contributed by atoms with Crippen LogP contribution in [0.3, 0.4) is 0 Å². The third kappa shape index (κ3) is 0.925. The molecular formula is C6H4AlS. The topological polar surface area (TPSA) is 0 Å². The molecule has 37 valence electrons. The first-order valence-corrected chi connectivity index (χ1v) is 3.05. The fraction of sp³-hybridized carbons (Fsp3) is 0. The number of hydrogen-bond donors (Lipinski definition) is 0. The minimum Gasteiger partial charge on any atom is -0.0877 e. The van der Waals surface area contributed by atoms with E-state index in [0.717, 1.165) is 0 Å². The largest absolute Gasteiger partial charge is 0.0877 e. The van der Waals surface area contributed by atoms with Crippen LogP contribution in [0.15, 0.2) is 34.1 Å². The summed E-state index contributed by atoms with van der Waals surface area (Å²) in [5.74, 6) is 0. The van der Waals surface area contributed by atoms with E-state index < -0.39 is 0 Å². The highest BCUT2D eigenvalue weighted by Gasteiger charge is 2.14. The summed E-state index contributed by atoms with van der Waals surface area (Å²) in [6.07, 6.45) is 0. The molecule has 0 saturated heterocycles. The van der Waals surface area contributed by atoms with Gasteiger partial charge in [0.05, 0.1) is 0 Å². The Balaban J connectivity index is 0.000000320. The van der Waals surface area contributed by atoms with Crippen LogP contribution < -0.4 is 0 Å². The lowest BCUT2D eigenvalue weighted by atomic mass is 10.4. The van der Waals surface area contributed by atoms with Crippen molar-refractivity contribution in [3.63, 3.8) is 0 Å². The van der Waals surface area contributed by atoms with Gasteiger partial charge < -0.3 is 0 Å². The summed E-state index contributed by atoms with van der Waals surface area (Å²) >= 11 is 1.86. The normalized spacial score (nSPS) is 11.5. The highest BCUT2D eigenvalue weighted by Crippen LogP contribution is 2.47. The summed E-state index contributed by atoms with van der Waals surface area (Å²) in [5, 5.41) is 0. The van der Waals surface area contributed by atoms with Crippen LogP contribution in [0, 0.1) is 0 Å². The van der Waals surface area contributed by atoms with Gasteiger partial charge in [-0.1, -0.05) is 23.9 Å². The molecule has 0 aliphatic carbocycles. The Morgan fingerprint density at radius 2 is 1.50 bits per heavy atom. The van der Waals surface area contributed by atoms with Crippen LogP contribution in [0.2, 0.25) is 0 Å². The molecule has 0 saturated carbocycles. The maximum atomic E-state index is 2.14. The smallest absolute Gasteiger partial charge is 0.0262 e. The zero-order chi connectivity index (χ0) is 4.69. The van der Waals surface area contributed by atoms with Gasteiger partial charge in [0.25, 0.3) is 0 Å². The van der Waals surface area contributed by atoms with Crippen molar-refractivity contribution in [2.75, 3.05) is 0 Å². The molecule has 1 aromatic rings. The van der Waals surface area contributed by atoms with Gasteiger partial charge >= 0.3 is 0 Å². The summed E-state index contributed by atoms with van der Waals surface area (Å²) in [6.45, 7) is 0. The molecule has 8 heavy (non-hydrogen) atoms. The van der Waals surface area contributed by atoms with Crippen LogP contribution in [0.5, 0.6) is 0 Å². The monoisotopic (exact) mass is 135 g/mol. The van der Waals surface area contributed by atoms with Gasteiger partial charge in [-0.3, -0.25) is 0 Å². The van der Waals surface area contributed by atoms with Crippen LogP contribution >= 0.6 is 11.8 Å². The molecule has 0 spiro atoms. The van der Waals surface area contributed by atoms with Crippen LogP contribution in [-0.2, 0) is 0 Å². The van der Waals surface area contributed by atoms with E-state index >= 15 is 0 Å². The molecule has 1 heterocycles. The molecule has 0 atom stereocenters. The van der Waals surface area contributed by atoms with Crippen LogP contribution in [0.25, 0.3) is 0 Å². The number of fused-ring (bicyclic) bond motifs is 1. The standard InChI is InChI=1S/C6H4S.Al/c1-2-4-6-5(3-1)7-6;/h1-4H;. The van der Waals surface area contributed by atoms with E-state index in [1.54, 1.807) is 0 Å². The molecule has 0 nitrogen and oxygen atoms in total. The lowest BCUT2D eigenvalue weighted by Crippen LogP contribution is -1.46. The molecule has 0 N–H and O–H groups in total. The summed E-state index contributed by atoms with van der Waals surface area (Å²) in [7, 11) is 0. The van der Waals surface area contributed by atoms with E-state index in [-0.39, 0.29) is 17.4 Å². The first kappa shape index (κ1) is 6.23. The maximum Gasteiger partial charge on any atom is 0.0262 e. The Labute approximate surface area is 63.4 Å². The van der Waals surface area contributed by atoms with E-state index in [1.165, 1.54) is 9.79 Å². The molecule has 1 aromatic carbocycles. The first-order valence-electron chi connectivity index (χ1n) is 2.24. The first-order chi connectivity index (χ1) is 3.47. The van der Waals surface area contributed by atoms with E-state index in [1.807, 2.05) is 11.8 Å². The predicted molar refractivity (Wildman–Crippen MR) is 36.3 cm³/mol. The van der Waals surface area contributed by atoms with Gasteiger partial charge in [-0.15, -0.1) is 0 Å². The van der Waals surface area contributed by atoms with Crippen molar-refractivity contribution in [3.8, 4) is 0 Å². The average Bonchev–Trinajstić information content (AvgIpc) is 2.41. The van der Waals surface area contributed by atoms with Gasteiger partial charge in [0.2, 0.25) is 0 Å². The summed E-state index contributed by atoms with van der Waals surface area (Å²) < 4.78 is 0. The van der Waals surface area contributed by atoms with Crippen LogP contribution in [0.4, 0.5) is 0 Å². The summed E-state index contributed by atoms with van der Waals surface area (Å²) in [4.78, 5) is 2.89. The second kappa shape index (κ2) is 2.15. The van der Waals surface area contributed by atoms with E-state index in [9.17, 15) is 0 Å². The average molecular weight is 135 g/mol. The van der Waals surface area contributed by atoms with E-state index in [2.05, 4.69) is 24.3 Å². The lowest BCUT2D eigenvalue weighted by molar-refractivity contribution is 1.38. The van der Waals surface area contributed by atoms with Crippen LogP contribution in [-0.4, -0.2) is 17.4 Å². The van der Waals surface area contributed by atoms with Gasteiger partial charge in [-0.25, -0.2) is 0 Å². The highest BCUT2D eigenvalue weighted by atomic mass is 32.2. The Hall–Kier alpha value is 0.102. The third-order valence-corrected chi connectivity index (χ3v) is 1.98. The fourth-order valence-electron chi connectivity index (χ4n) is 0.611. The molecule has 3 radical (unpaired) electrons. The lowest BCUT2D eigenvalue weighted by Gasteiger charge is -1.66. The second-order valence-corrected chi connectivity index (χ2v) is 2.63. The molecule has 0 aromatic heterocycles. The number of rotatable bonds is 0. The molecule has 2 rings (SSSR count). The van der Waals surface area contributed by atoms with Gasteiger partial charge in [0.15, 0.2) is 0 Å². The third-order valence-electron chi connectivity index (χ3n) is 1.03.